The summed E-state index contributed by atoms with van der Waals surface area (Å²) >= 11 is 0. The van der Waals surface area contributed by atoms with E-state index in [0.717, 1.165) is 0 Å². The Morgan fingerprint density at radius 1 is 0.950 bits per heavy atom. The van der Waals surface area contributed by atoms with E-state index in [9.17, 15) is 4.79 Å². The fraction of sp³-hybridized carbons (Fsp3) is 0.312. The van der Waals surface area contributed by atoms with Gasteiger partial charge in [-0.3, -0.25) is 0 Å². The predicted molar refractivity (Wildman–Crippen MR) is 77.2 cm³/mol. The smallest absolute Gasteiger partial charge is 0.332 e. The predicted octanol–water partition coefficient (Wildman–Crippen LogP) is 3.39. The minimum absolute atomic E-state index is 0. The fourth-order valence-corrected chi connectivity index (χ4v) is 1.03. The number of hydrogen-bond donors (Lipinski definition) is 0. The maximum absolute atomic E-state index is 10.5. The van der Waals surface area contributed by atoms with Crippen LogP contribution < -0.4 is 0 Å². The zero-order valence-corrected chi connectivity index (χ0v) is 13.1. The summed E-state index contributed by atoms with van der Waals surface area (Å²) in [5.41, 5.74) is 0. The van der Waals surface area contributed by atoms with Crippen molar-refractivity contribution in [1.29, 1.82) is 0 Å². The van der Waals surface area contributed by atoms with Crippen LogP contribution in [0.15, 0.2) is 60.7 Å². The third-order valence-electron chi connectivity index (χ3n) is 1.84. The Bertz CT molecular complexity index is 294. The second-order valence-electron chi connectivity index (χ2n) is 3.37. The van der Waals surface area contributed by atoms with Crippen molar-refractivity contribution in [2.75, 3.05) is 19.8 Å². The summed E-state index contributed by atoms with van der Waals surface area (Å²) in [6.45, 7) is 4.65. The van der Waals surface area contributed by atoms with E-state index in [1.54, 1.807) is 6.92 Å². The number of hydrogen-bond acceptors (Lipinski definition) is 3. The van der Waals surface area contributed by atoms with Gasteiger partial charge in [-0.05, 0) is 13.8 Å². The van der Waals surface area contributed by atoms with Gasteiger partial charge in [0.15, 0.2) is 0 Å². The number of esters is 1. The zero-order valence-electron chi connectivity index (χ0n) is 12.0. The third-order valence-corrected chi connectivity index (χ3v) is 1.84. The molecule has 2 rings (SSSR count). The molecule has 0 saturated carbocycles. The van der Waals surface area contributed by atoms with E-state index in [1.165, 1.54) is 0 Å². The summed E-state index contributed by atoms with van der Waals surface area (Å²) in [4.78, 5) is 10.5. The minimum Gasteiger partial charge on any atom is -0.748 e. The van der Waals surface area contributed by atoms with Gasteiger partial charge in [-0.1, -0.05) is 0 Å². The van der Waals surface area contributed by atoms with E-state index in [2.05, 4.69) is 4.74 Å². The monoisotopic (exact) mass is 318 g/mol. The molecule has 0 spiro atoms. The van der Waals surface area contributed by atoms with Crippen molar-refractivity contribution >= 4 is 5.97 Å². The third kappa shape index (κ3) is 16.6. The standard InChI is InChI=1S/C6H12O3.2C5H5.Fe/c1-3-8-5-6(7)9-4-2;2*1-2-4-5-3-1;/h3-5H2,1-2H3;2*1-5H;/q;-5;-1;. The van der Waals surface area contributed by atoms with Crippen LogP contribution in [0.1, 0.15) is 13.8 Å². The molecule has 20 heavy (non-hydrogen) atoms. The average molecular weight is 318 g/mol. The first-order valence-electron chi connectivity index (χ1n) is 6.38. The van der Waals surface area contributed by atoms with Crippen LogP contribution in [-0.4, -0.2) is 25.8 Å². The SMILES string of the molecule is CCOCC(=O)OCC.[Fe].[cH-]1[cH-][cH-][cH-][cH-]1.c1cc[cH-]c1. The van der Waals surface area contributed by atoms with Gasteiger partial charge < -0.3 is 39.8 Å². The topological polar surface area (TPSA) is 35.5 Å². The first-order chi connectivity index (χ1) is 9.31. The van der Waals surface area contributed by atoms with Gasteiger partial charge in [0.1, 0.15) is 6.61 Å². The molecule has 0 unspecified atom stereocenters. The molecular weight excluding hydrogens is 296 g/mol. The van der Waals surface area contributed by atoms with Crippen molar-refractivity contribution in [2.45, 2.75) is 13.8 Å². The largest absolute Gasteiger partial charge is 0.748 e. The summed E-state index contributed by atoms with van der Waals surface area (Å²) in [5.74, 6) is -0.292. The summed E-state index contributed by atoms with van der Waals surface area (Å²) in [6, 6.07) is 20.0. The van der Waals surface area contributed by atoms with Crippen LogP contribution in [0.3, 0.4) is 0 Å². The van der Waals surface area contributed by atoms with Crippen molar-refractivity contribution in [2.24, 2.45) is 0 Å². The van der Waals surface area contributed by atoms with Gasteiger partial charge in [-0.25, -0.2) is 16.9 Å². The fourth-order valence-electron chi connectivity index (χ4n) is 1.03. The molecule has 2 aromatic rings. The summed E-state index contributed by atoms with van der Waals surface area (Å²) in [7, 11) is 0. The van der Waals surface area contributed by atoms with Crippen LogP contribution >= 0.6 is 0 Å². The molecule has 0 N–H and O–H groups in total. The zero-order chi connectivity index (χ0) is 14.2. The van der Waals surface area contributed by atoms with Crippen molar-refractivity contribution in [1.82, 2.24) is 0 Å². The van der Waals surface area contributed by atoms with Crippen molar-refractivity contribution in [3.8, 4) is 0 Å². The van der Waals surface area contributed by atoms with Crippen LogP contribution in [0.25, 0.3) is 0 Å². The molecule has 118 valence electrons. The molecule has 0 aromatic heterocycles. The van der Waals surface area contributed by atoms with Gasteiger partial charge >= 0.3 is 5.97 Å². The van der Waals surface area contributed by atoms with Crippen molar-refractivity contribution in [3.63, 3.8) is 0 Å². The Balaban J connectivity index is 0. The molecule has 2 aromatic carbocycles. The van der Waals surface area contributed by atoms with Crippen LogP contribution in [0.5, 0.6) is 0 Å². The molecule has 0 aliphatic heterocycles. The Hall–Kier alpha value is -1.35. The van der Waals surface area contributed by atoms with E-state index in [4.69, 9.17) is 4.74 Å². The molecule has 0 fully saturated rings. The molecule has 0 atom stereocenters. The first-order valence-corrected chi connectivity index (χ1v) is 6.38. The van der Waals surface area contributed by atoms with Crippen molar-refractivity contribution < 1.29 is 31.3 Å². The van der Waals surface area contributed by atoms with Gasteiger partial charge in [-0.2, -0.15) is 18.2 Å². The number of carbonyl (C=O) groups is 1. The maximum Gasteiger partial charge on any atom is 0.332 e. The molecule has 0 aliphatic carbocycles. The van der Waals surface area contributed by atoms with Gasteiger partial charge in [0.25, 0.3) is 0 Å². The van der Waals surface area contributed by atoms with E-state index in [0.29, 0.717) is 13.2 Å². The molecule has 0 bridgehead atoms. The normalized spacial score (nSPS) is 8.10. The Kier molecular flexibility index (Phi) is 18.5. The van der Waals surface area contributed by atoms with Gasteiger partial charge in [-0.15, -0.1) is 0 Å². The van der Waals surface area contributed by atoms with E-state index >= 15 is 0 Å². The average Bonchev–Trinajstić information content (AvgIpc) is 3.12. The Labute approximate surface area is 132 Å². The van der Waals surface area contributed by atoms with Gasteiger partial charge in [0.2, 0.25) is 0 Å². The van der Waals surface area contributed by atoms with Crippen molar-refractivity contribution in [3.05, 3.63) is 60.7 Å². The molecule has 3 nitrogen and oxygen atoms in total. The Morgan fingerprint density at radius 2 is 1.45 bits per heavy atom. The summed E-state index contributed by atoms with van der Waals surface area (Å²) < 4.78 is 9.35. The summed E-state index contributed by atoms with van der Waals surface area (Å²) in [6.07, 6.45) is 0. The molecule has 0 heterocycles. The first kappa shape index (κ1) is 21.0. The summed E-state index contributed by atoms with van der Waals surface area (Å²) in [5, 5.41) is 0. The van der Waals surface area contributed by atoms with Crippen LogP contribution in [0.2, 0.25) is 0 Å². The van der Waals surface area contributed by atoms with Gasteiger partial charge in [0, 0.05) is 23.7 Å². The molecule has 4 heteroatoms. The molecule has 0 amide bonds. The Morgan fingerprint density at radius 3 is 1.75 bits per heavy atom. The molecule has 0 aliphatic rings. The second-order valence-corrected chi connectivity index (χ2v) is 3.37. The van der Waals surface area contributed by atoms with Crippen LogP contribution in [0.4, 0.5) is 0 Å². The number of ether oxygens (including phenoxy) is 2. The molecule has 0 saturated heterocycles. The quantitative estimate of drug-likeness (QED) is 0.492. The van der Waals surface area contributed by atoms with Gasteiger partial charge in [0.05, 0.1) is 6.61 Å². The second kappa shape index (κ2) is 17.6. The van der Waals surface area contributed by atoms with Crippen LogP contribution in [0, 0.1) is 0 Å². The maximum atomic E-state index is 10.5. The van der Waals surface area contributed by atoms with Crippen LogP contribution in [-0.2, 0) is 31.3 Å². The number of rotatable bonds is 4. The van der Waals surface area contributed by atoms with E-state index in [1.807, 2.05) is 67.6 Å². The van der Waals surface area contributed by atoms with E-state index in [-0.39, 0.29) is 29.6 Å². The van der Waals surface area contributed by atoms with E-state index < -0.39 is 0 Å². The number of carbonyl (C=O) groups excluding carboxylic acids is 1. The molecule has 0 radical (unpaired) electrons. The molecular formula is C16H22FeO3-6. The minimum atomic E-state index is -0.292.